The molecule has 0 amide bonds. The zero-order valence-electron chi connectivity index (χ0n) is 20.8. The molecule has 0 atom stereocenters. The molecule has 2 fully saturated rings. The molecule has 4 heterocycles. The van der Waals surface area contributed by atoms with E-state index in [-0.39, 0.29) is 0 Å². The Balaban J connectivity index is 1.21. The molecule has 1 saturated heterocycles. The quantitative estimate of drug-likeness (QED) is 0.422. The molecule has 1 aromatic carbocycles. The van der Waals surface area contributed by atoms with Gasteiger partial charge < -0.3 is 20.4 Å². The van der Waals surface area contributed by atoms with Crippen molar-refractivity contribution in [2.24, 2.45) is 0 Å². The molecule has 188 valence electrons. The number of benzene rings is 1. The predicted molar refractivity (Wildman–Crippen MR) is 142 cm³/mol. The third-order valence-electron chi connectivity index (χ3n) is 7.82. The molecule has 0 radical (unpaired) electrons. The minimum atomic E-state index is 0.329. The van der Waals surface area contributed by atoms with E-state index in [1.165, 1.54) is 39.0 Å². The predicted octanol–water partition coefficient (Wildman–Crippen LogP) is 4.01. The van der Waals surface area contributed by atoms with Gasteiger partial charge in [-0.2, -0.15) is 5.10 Å². The van der Waals surface area contributed by atoms with E-state index in [2.05, 4.69) is 61.1 Å². The van der Waals surface area contributed by atoms with Gasteiger partial charge in [0, 0.05) is 55.6 Å². The van der Waals surface area contributed by atoms with Crippen LogP contribution in [0.5, 0.6) is 0 Å². The molecule has 2 aliphatic rings. The molecule has 36 heavy (non-hydrogen) atoms. The van der Waals surface area contributed by atoms with Gasteiger partial charge in [-0.25, -0.2) is 14.6 Å². The first-order chi connectivity index (χ1) is 17.7. The van der Waals surface area contributed by atoms with Crippen molar-refractivity contribution < 1.29 is 4.42 Å². The Hall–Kier alpha value is -3.43. The molecule has 1 aliphatic heterocycles. The normalized spacial score (nSPS) is 21.7. The van der Waals surface area contributed by atoms with E-state index in [4.69, 9.17) is 15.2 Å². The molecular weight excluding hydrogens is 452 g/mol. The molecule has 3 N–H and O–H groups in total. The van der Waals surface area contributed by atoms with Gasteiger partial charge in [0.05, 0.1) is 24.0 Å². The van der Waals surface area contributed by atoms with Gasteiger partial charge in [0.15, 0.2) is 5.65 Å². The fourth-order valence-electron chi connectivity index (χ4n) is 5.65. The summed E-state index contributed by atoms with van der Waals surface area (Å²) in [4.78, 5) is 14.0. The van der Waals surface area contributed by atoms with Crippen molar-refractivity contribution in [3.05, 3.63) is 54.7 Å². The maximum atomic E-state index is 6.36. The second-order valence-electron chi connectivity index (χ2n) is 10.1. The van der Waals surface area contributed by atoms with Gasteiger partial charge in [0.1, 0.15) is 17.8 Å². The van der Waals surface area contributed by atoms with Gasteiger partial charge in [-0.15, -0.1) is 0 Å². The van der Waals surface area contributed by atoms with Gasteiger partial charge in [0.25, 0.3) is 0 Å². The number of nitrogen functional groups attached to an aromatic ring is 1. The molecule has 3 aromatic heterocycles. The van der Waals surface area contributed by atoms with Crippen LogP contribution in [0.4, 0.5) is 11.5 Å². The highest BCUT2D eigenvalue weighted by atomic mass is 16.3. The third kappa shape index (κ3) is 4.56. The minimum absolute atomic E-state index is 0.329. The zero-order valence-corrected chi connectivity index (χ0v) is 20.8. The van der Waals surface area contributed by atoms with Crippen molar-refractivity contribution in [1.29, 1.82) is 0 Å². The number of hydrogen-bond acceptors (Lipinski definition) is 8. The molecular formula is C27H34N8O. The smallest absolute Gasteiger partial charge is 0.164 e. The van der Waals surface area contributed by atoms with Crippen molar-refractivity contribution in [3.8, 4) is 11.3 Å². The molecule has 4 aromatic rings. The van der Waals surface area contributed by atoms with Gasteiger partial charge in [-0.3, -0.25) is 4.90 Å². The van der Waals surface area contributed by atoms with Crippen LogP contribution in [-0.2, 0) is 6.54 Å². The monoisotopic (exact) mass is 486 g/mol. The van der Waals surface area contributed by atoms with E-state index in [0.717, 1.165) is 46.4 Å². The van der Waals surface area contributed by atoms with Crippen LogP contribution in [0.1, 0.15) is 37.3 Å². The summed E-state index contributed by atoms with van der Waals surface area (Å²) in [6.07, 6.45) is 9.60. The molecule has 0 unspecified atom stereocenters. The lowest BCUT2D eigenvalue weighted by Gasteiger charge is -2.41. The lowest BCUT2D eigenvalue weighted by molar-refractivity contribution is 0.0815. The van der Waals surface area contributed by atoms with E-state index in [1.54, 1.807) is 18.9 Å². The number of rotatable bonds is 6. The van der Waals surface area contributed by atoms with Crippen LogP contribution in [-0.4, -0.2) is 68.8 Å². The van der Waals surface area contributed by atoms with Gasteiger partial charge >= 0.3 is 0 Å². The van der Waals surface area contributed by atoms with Gasteiger partial charge in [-0.05, 0) is 50.9 Å². The van der Waals surface area contributed by atoms with E-state index in [9.17, 15) is 0 Å². The van der Waals surface area contributed by atoms with E-state index in [0.29, 0.717) is 24.4 Å². The van der Waals surface area contributed by atoms with Crippen molar-refractivity contribution in [2.45, 2.75) is 44.3 Å². The summed E-state index contributed by atoms with van der Waals surface area (Å²) in [5.41, 5.74) is 11.2. The fraction of sp³-hybridized carbons (Fsp3) is 0.444. The van der Waals surface area contributed by atoms with Crippen LogP contribution in [0, 0.1) is 0 Å². The van der Waals surface area contributed by atoms with Crippen LogP contribution in [0.25, 0.3) is 22.3 Å². The van der Waals surface area contributed by atoms with Crippen LogP contribution in [0.2, 0.25) is 0 Å². The second-order valence-corrected chi connectivity index (χ2v) is 10.1. The highest BCUT2D eigenvalue weighted by molar-refractivity contribution is 5.98. The number of aromatic nitrogens is 4. The average Bonchev–Trinajstić information content (AvgIpc) is 3.57. The van der Waals surface area contributed by atoms with Crippen molar-refractivity contribution in [1.82, 2.24) is 29.5 Å². The van der Waals surface area contributed by atoms with Crippen molar-refractivity contribution in [3.63, 3.8) is 0 Å². The number of fused-ring (bicyclic) bond motifs is 1. The number of likely N-dealkylation sites (N-methyl/N-ethyl adjacent to an activating group) is 1. The number of furan rings is 1. The summed E-state index contributed by atoms with van der Waals surface area (Å²) in [5.74, 6) is 0.481. The zero-order chi connectivity index (χ0) is 24.5. The molecule has 0 spiro atoms. The Morgan fingerprint density at radius 3 is 2.44 bits per heavy atom. The first kappa shape index (κ1) is 23.0. The van der Waals surface area contributed by atoms with E-state index >= 15 is 0 Å². The Kier molecular flexibility index (Phi) is 6.33. The number of nitrogens with zero attached hydrogens (tertiary/aromatic N) is 6. The Labute approximate surface area is 211 Å². The van der Waals surface area contributed by atoms with Crippen LogP contribution < -0.4 is 11.1 Å². The Morgan fingerprint density at radius 1 is 0.972 bits per heavy atom. The molecule has 9 nitrogen and oxygen atoms in total. The second kappa shape index (κ2) is 9.91. The minimum Gasteiger partial charge on any atom is -0.472 e. The summed E-state index contributed by atoms with van der Waals surface area (Å²) in [6, 6.07) is 11.3. The van der Waals surface area contributed by atoms with E-state index < -0.39 is 0 Å². The van der Waals surface area contributed by atoms with Gasteiger partial charge in [0.2, 0.25) is 0 Å². The van der Waals surface area contributed by atoms with E-state index in [1.807, 2.05) is 6.07 Å². The van der Waals surface area contributed by atoms with Gasteiger partial charge in [-0.1, -0.05) is 12.1 Å². The number of nitrogens with one attached hydrogen (secondary N) is 1. The summed E-state index contributed by atoms with van der Waals surface area (Å²) in [5, 5.41) is 9.36. The summed E-state index contributed by atoms with van der Waals surface area (Å²) in [6.45, 7) is 5.40. The van der Waals surface area contributed by atoms with Crippen LogP contribution in [0.3, 0.4) is 0 Å². The SMILES string of the molecule is CN1CCN([C@H]2CC[C@@H](n3nc(-c4ccc(NCc5ccoc5)cc4)c4c(N)ncnc43)CC2)CC1. The first-order valence-corrected chi connectivity index (χ1v) is 12.9. The largest absolute Gasteiger partial charge is 0.472 e. The van der Waals surface area contributed by atoms with Crippen molar-refractivity contribution >= 4 is 22.5 Å². The first-order valence-electron chi connectivity index (χ1n) is 12.9. The maximum Gasteiger partial charge on any atom is 0.164 e. The maximum absolute atomic E-state index is 6.36. The lowest BCUT2D eigenvalue weighted by atomic mass is 9.90. The molecule has 1 aliphatic carbocycles. The number of nitrogens with two attached hydrogens (primary N) is 1. The standard InChI is InChI=1S/C27H34N8O/c1-33-11-13-34(14-12-33)22-6-8-23(9-7-22)35-27-24(26(28)30-18-31-27)25(32-35)20-2-4-21(5-3-20)29-16-19-10-15-36-17-19/h2-5,10,15,17-18,22-23,29H,6-9,11-14,16H2,1H3,(H2,28,30,31)/t22-,23+. The highest BCUT2D eigenvalue weighted by Gasteiger charge is 2.30. The third-order valence-corrected chi connectivity index (χ3v) is 7.82. The molecule has 6 rings (SSSR count). The highest BCUT2D eigenvalue weighted by Crippen LogP contribution is 2.37. The van der Waals surface area contributed by atoms with Crippen LogP contribution in [0.15, 0.2) is 53.6 Å². The summed E-state index contributed by atoms with van der Waals surface area (Å²) in [7, 11) is 2.22. The van der Waals surface area contributed by atoms with Crippen molar-refractivity contribution in [2.75, 3.05) is 44.3 Å². The number of piperazine rings is 1. The molecule has 9 heteroatoms. The van der Waals surface area contributed by atoms with Crippen LogP contribution >= 0.6 is 0 Å². The molecule has 1 saturated carbocycles. The number of anilines is 2. The summed E-state index contributed by atoms with van der Waals surface area (Å²) < 4.78 is 7.27. The Morgan fingerprint density at radius 2 is 1.72 bits per heavy atom. The number of hydrogen-bond donors (Lipinski definition) is 2. The fourth-order valence-corrected chi connectivity index (χ4v) is 5.65. The molecule has 0 bridgehead atoms. The average molecular weight is 487 g/mol. The lowest BCUT2D eigenvalue weighted by Crippen LogP contribution is -2.49. The summed E-state index contributed by atoms with van der Waals surface area (Å²) >= 11 is 0. The Bertz CT molecular complexity index is 1280. The topological polar surface area (TPSA) is 101 Å².